The van der Waals surface area contributed by atoms with E-state index in [0.717, 1.165) is 22.0 Å². The number of amides is 3. The molecule has 3 amide bonds. The van der Waals surface area contributed by atoms with Crippen molar-refractivity contribution in [2.24, 2.45) is 17.6 Å². The van der Waals surface area contributed by atoms with Crippen molar-refractivity contribution < 1.29 is 29.4 Å². The molecule has 2 aromatic carbocycles. The Morgan fingerprint density at radius 3 is 2.10 bits per heavy atom. The molecular weight excluding hydrogens is 538 g/mol. The fourth-order valence-corrected chi connectivity index (χ4v) is 4.73. The van der Waals surface area contributed by atoms with Crippen molar-refractivity contribution in [3.8, 4) is 5.75 Å². The van der Waals surface area contributed by atoms with Gasteiger partial charge in [-0.2, -0.15) is 0 Å². The van der Waals surface area contributed by atoms with E-state index < -0.39 is 47.9 Å². The van der Waals surface area contributed by atoms with Crippen LogP contribution in [0.15, 0.2) is 54.7 Å². The van der Waals surface area contributed by atoms with Gasteiger partial charge < -0.3 is 36.9 Å². The number of aromatic nitrogens is 1. The van der Waals surface area contributed by atoms with E-state index in [2.05, 4.69) is 20.9 Å². The molecule has 0 spiro atoms. The van der Waals surface area contributed by atoms with Gasteiger partial charge in [-0.1, -0.05) is 58.0 Å². The number of carboxylic acid groups (broad SMARTS) is 1. The summed E-state index contributed by atoms with van der Waals surface area (Å²) in [4.78, 5) is 54.9. The molecule has 0 fully saturated rings. The predicted octanol–water partition coefficient (Wildman–Crippen LogP) is 2.23. The first-order valence-corrected chi connectivity index (χ1v) is 14.1. The van der Waals surface area contributed by atoms with Crippen molar-refractivity contribution in [3.63, 3.8) is 0 Å². The highest BCUT2D eigenvalue weighted by Gasteiger charge is 2.32. The smallest absolute Gasteiger partial charge is 0.326 e. The van der Waals surface area contributed by atoms with Crippen LogP contribution in [0.25, 0.3) is 10.9 Å². The molecule has 0 saturated carbocycles. The number of hydrogen-bond acceptors (Lipinski definition) is 6. The molecule has 1 aromatic heterocycles. The van der Waals surface area contributed by atoms with Gasteiger partial charge in [-0.05, 0) is 54.0 Å². The maximum atomic E-state index is 13.7. The number of H-pyrrole nitrogens is 1. The maximum Gasteiger partial charge on any atom is 0.326 e. The number of phenolic OH excluding ortho intramolecular Hbond substituents is 1. The first-order valence-electron chi connectivity index (χ1n) is 14.1. The molecule has 0 aliphatic carbocycles. The topological polar surface area (TPSA) is 187 Å². The Balaban J connectivity index is 1.81. The van der Waals surface area contributed by atoms with Crippen LogP contribution in [0.4, 0.5) is 0 Å². The minimum atomic E-state index is -1.15. The molecule has 8 N–H and O–H groups in total. The molecule has 226 valence electrons. The number of phenols is 1. The summed E-state index contributed by atoms with van der Waals surface area (Å²) in [6.45, 7) is 7.19. The summed E-state index contributed by atoms with van der Waals surface area (Å²) >= 11 is 0. The van der Waals surface area contributed by atoms with Crippen LogP contribution < -0.4 is 21.7 Å². The molecule has 3 rings (SSSR count). The summed E-state index contributed by atoms with van der Waals surface area (Å²) in [6, 6.07) is 9.67. The summed E-state index contributed by atoms with van der Waals surface area (Å²) in [5.41, 5.74) is 8.57. The third kappa shape index (κ3) is 8.81. The minimum absolute atomic E-state index is 0.0278. The fraction of sp³-hybridized carbons (Fsp3) is 0.419. The quantitative estimate of drug-likeness (QED) is 0.152. The Hall–Kier alpha value is -4.38. The van der Waals surface area contributed by atoms with Gasteiger partial charge >= 0.3 is 5.97 Å². The van der Waals surface area contributed by atoms with Gasteiger partial charge in [0.2, 0.25) is 17.7 Å². The number of para-hydroxylation sites is 1. The van der Waals surface area contributed by atoms with Gasteiger partial charge in [-0.15, -0.1) is 0 Å². The molecule has 0 aliphatic rings. The number of benzene rings is 2. The summed E-state index contributed by atoms with van der Waals surface area (Å²) in [6.07, 6.45) is 2.30. The Labute approximate surface area is 245 Å². The van der Waals surface area contributed by atoms with E-state index in [9.17, 15) is 29.4 Å². The third-order valence-corrected chi connectivity index (χ3v) is 7.03. The zero-order chi connectivity index (χ0) is 31.0. The van der Waals surface area contributed by atoms with E-state index in [1.807, 2.05) is 38.1 Å². The van der Waals surface area contributed by atoms with Crippen LogP contribution >= 0.6 is 0 Å². The number of nitrogens with one attached hydrogen (secondary N) is 4. The van der Waals surface area contributed by atoms with E-state index >= 15 is 0 Å². The monoisotopic (exact) mass is 579 g/mol. The highest BCUT2D eigenvalue weighted by Crippen LogP contribution is 2.20. The first-order chi connectivity index (χ1) is 19.8. The van der Waals surface area contributed by atoms with Crippen molar-refractivity contribution in [2.75, 3.05) is 0 Å². The van der Waals surface area contributed by atoms with Gasteiger partial charge in [0, 0.05) is 23.5 Å². The lowest BCUT2D eigenvalue weighted by Gasteiger charge is -2.27. The SMILES string of the molecule is CC(C)CC(NC(=O)C(NC(=O)C(Cc1c[nH]c2ccccc12)NC(=O)C(N)Cc1ccc(O)cc1)C(C)C)C(=O)O. The number of aromatic hydroxyl groups is 1. The van der Waals surface area contributed by atoms with E-state index in [1.165, 1.54) is 12.1 Å². The maximum absolute atomic E-state index is 13.7. The van der Waals surface area contributed by atoms with Crippen molar-refractivity contribution in [1.29, 1.82) is 0 Å². The number of fused-ring (bicyclic) bond motifs is 1. The van der Waals surface area contributed by atoms with Crippen LogP contribution in [0.5, 0.6) is 5.75 Å². The highest BCUT2D eigenvalue weighted by molar-refractivity contribution is 5.95. The van der Waals surface area contributed by atoms with E-state index in [-0.39, 0.29) is 36.8 Å². The Bertz CT molecular complexity index is 1380. The van der Waals surface area contributed by atoms with Crippen molar-refractivity contribution >= 4 is 34.6 Å². The Kier molecular flexibility index (Phi) is 11.1. The summed E-state index contributed by atoms with van der Waals surface area (Å²) in [7, 11) is 0. The van der Waals surface area contributed by atoms with Crippen LogP contribution in [-0.4, -0.2) is 63.1 Å². The summed E-state index contributed by atoms with van der Waals surface area (Å²) < 4.78 is 0. The lowest BCUT2D eigenvalue weighted by atomic mass is 9.98. The number of rotatable bonds is 14. The molecule has 0 bridgehead atoms. The molecule has 4 unspecified atom stereocenters. The Morgan fingerprint density at radius 2 is 1.48 bits per heavy atom. The zero-order valence-electron chi connectivity index (χ0n) is 24.4. The van der Waals surface area contributed by atoms with Gasteiger partial charge in [-0.25, -0.2) is 4.79 Å². The van der Waals surface area contributed by atoms with Gasteiger partial charge in [0.25, 0.3) is 0 Å². The van der Waals surface area contributed by atoms with Gasteiger partial charge in [0.15, 0.2) is 0 Å². The summed E-state index contributed by atoms with van der Waals surface area (Å²) in [5.74, 6) is -3.18. The average Bonchev–Trinajstić information content (AvgIpc) is 3.34. The molecule has 0 saturated heterocycles. The number of carbonyl (C=O) groups excluding carboxylic acids is 3. The number of carboxylic acids is 1. The number of hydrogen-bond donors (Lipinski definition) is 7. The molecule has 0 radical (unpaired) electrons. The van der Waals surface area contributed by atoms with E-state index in [4.69, 9.17) is 5.73 Å². The van der Waals surface area contributed by atoms with Crippen molar-refractivity contribution in [1.82, 2.24) is 20.9 Å². The number of aliphatic carboxylic acids is 1. The number of aromatic amines is 1. The standard InChI is InChI=1S/C31H41N5O6/c1-17(2)13-26(31(41)42)35-30(40)27(18(3)4)36-29(39)25(15-20-16-33-24-8-6-5-7-22(20)24)34-28(38)23(32)14-19-9-11-21(37)12-10-19/h5-12,16-18,23,25-27,33,37H,13-15,32H2,1-4H3,(H,34,38)(H,35,40)(H,36,39)(H,41,42). The second-order valence-corrected chi connectivity index (χ2v) is 11.4. The van der Waals surface area contributed by atoms with Crippen LogP contribution in [0.1, 0.15) is 45.2 Å². The van der Waals surface area contributed by atoms with Crippen LogP contribution in [-0.2, 0) is 32.0 Å². The second kappa shape index (κ2) is 14.5. The Morgan fingerprint density at radius 1 is 0.833 bits per heavy atom. The van der Waals surface area contributed by atoms with Gasteiger partial charge in [0.1, 0.15) is 23.9 Å². The molecule has 0 aliphatic heterocycles. The zero-order valence-corrected chi connectivity index (χ0v) is 24.4. The summed E-state index contributed by atoms with van der Waals surface area (Å²) in [5, 5.41) is 28.0. The largest absolute Gasteiger partial charge is 0.508 e. The van der Waals surface area contributed by atoms with Gasteiger partial charge in [-0.3, -0.25) is 14.4 Å². The van der Waals surface area contributed by atoms with Crippen LogP contribution in [0.2, 0.25) is 0 Å². The van der Waals surface area contributed by atoms with E-state index in [0.29, 0.717) is 0 Å². The number of nitrogens with two attached hydrogens (primary N) is 1. The molecule has 11 heteroatoms. The lowest BCUT2D eigenvalue weighted by molar-refractivity contribution is -0.143. The van der Waals surface area contributed by atoms with Crippen molar-refractivity contribution in [3.05, 3.63) is 65.9 Å². The molecule has 11 nitrogen and oxygen atoms in total. The van der Waals surface area contributed by atoms with Crippen molar-refractivity contribution in [2.45, 2.75) is 71.1 Å². The second-order valence-electron chi connectivity index (χ2n) is 11.4. The molecular formula is C31H41N5O6. The lowest BCUT2D eigenvalue weighted by Crippen LogP contribution is -2.59. The third-order valence-electron chi connectivity index (χ3n) is 7.03. The molecule has 1 heterocycles. The fourth-order valence-electron chi connectivity index (χ4n) is 4.73. The van der Waals surface area contributed by atoms with E-state index in [1.54, 1.807) is 32.2 Å². The van der Waals surface area contributed by atoms with Crippen LogP contribution in [0.3, 0.4) is 0 Å². The van der Waals surface area contributed by atoms with Crippen LogP contribution in [0, 0.1) is 11.8 Å². The predicted molar refractivity (Wildman–Crippen MR) is 160 cm³/mol. The number of carbonyl (C=O) groups is 4. The molecule has 42 heavy (non-hydrogen) atoms. The van der Waals surface area contributed by atoms with Gasteiger partial charge in [0.05, 0.1) is 6.04 Å². The highest BCUT2D eigenvalue weighted by atomic mass is 16.4. The minimum Gasteiger partial charge on any atom is -0.508 e. The average molecular weight is 580 g/mol. The molecule has 3 aromatic rings. The normalized spacial score (nSPS) is 14.3. The molecule has 4 atom stereocenters. The first kappa shape index (κ1) is 32.1.